The van der Waals surface area contributed by atoms with Gasteiger partial charge >= 0.3 is 0 Å². The fourth-order valence-electron chi connectivity index (χ4n) is 2.18. The Morgan fingerprint density at radius 3 is 3.24 bits per heavy atom. The maximum absolute atomic E-state index is 5.80. The van der Waals surface area contributed by atoms with Gasteiger partial charge in [-0.2, -0.15) is 10.1 Å². The fraction of sp³-hybridized carbons (Fsp3) is 0.545. The zero-order valence-corrected chi connectivity index (χ0v) is 10.1. The van der Waals surface area contributed by atoms with Crippen LogP contribution in [0.1, 0.15) is 12.8 Å². The van der Waals surface area contributed by atoms with E-state index in [-0.39, 0.29) is 5.28 Å². The van der Waals surface area contributed by atoms with E-state index in [1.54, 1.807) is 12.4 Å². The summed E-state index contributed by atoms with van der Waals surface area (Å²) in [5, 5.41) is 5.52. The van der Waals surface area contributed by atoms with Crippen molar-refractivity contribution in [2.24, 2.45) is 5.92 Å². The van der Waals surface area contributed by atoms with E-state index in [1.165, 1.54) is 6.42 Å². The second-order valence-electron chi connectivity index (χ2n) is 4.33. The minimum Gasteiger partial charge on any atom is -0.381 e. The molecule has 0 aliphatic carbocycles. The van der Waals surface area contributed by atoms with Crippen molar-refractivity contribution in [2.45, 2.75) is 19.4 Å². The van der Waals surface area contributed by atoms with Gasteiger partial charge in [-0.25, -0.2) is 9.67 Å². The molecule has 17 heavy (non-hydrogen) atoms. The molecule has 5 nitrogen and oxygen atoms in total. The zero-order chi connectivity index (χ0) is 11.7. The minimum absolute atomic E-state index is 0.263. The number of aromatic nitrogens is 4. The van der Waals surface area contributed by atoms with Gasteiger partial charge in [0.25, 0.3) is 0 Å². The Bertz CT molecular complexity index is 521. The molecule has 0 unspecified atom stereocenters. The normalized spacial score (nSPS) is 20.9. The van der Waals surface area contributed by atoms with E-state index in [1.807, 2.05) is 4.68 Å². The lowest BCUT2D eigenvalue weighted by molar-refractivity contribution is 0.0474. The van der Waals surface area contributed by atoms with Crippen LogP contribution in [0, 0.1) is 5.92 Å². The van der Waals surface area contributed by atoms with Crippen molar-refractivity contribution in [3.05, 3.63) is 17.7 Å². The largest absolute Gasteiger partial charge is 0.381 e. The molecule has 1 saturated heterocycles. The topological polar surface area (TPSA) is 52.8 Å². The quantitative estimate of drug-likeness (QED) is 0.766. The highest BCUT2D eigenvalue weighted by atomic mass is 35.5. The van der Waals surface area contributed by atoms with Crippen LogP contribution in [0.25, 0.3) is 11.0 Å². The van der Waals surface area contributed by atoms with Crippen molar-refractivity contribution in [1.82, 2.24) is 19.7 Å². The predicted octanol–water partition coefficient (Wildman–Crippen LogP) is 1.91. The molecule has 0 aromatic carbocycles. The van der Waals surface area contributed by atoms with E-state index in [0.29, 0.717) is 5.92 Å². The van der Waals surface area contributed by atoms with Crippen molar-refractivity contribution < 1.29 is 4.74 Å². The van der Waals surface area contributed by atoms with Gasteiger partial charge in [-0.15, -0.1) is 0 Å². The first-order valence-electron chi connectivity index (χ1n) is 5.75. The summed E-state index contributed by atoms with van der Waals surface area (Å²) in [6.45, 7) is 2.52. The number of rotatable bonds is 2. The van der Waals surface area contributed by atoms with Crippen LogP contribution in [-0.4, -0.2) is 33.0 Å². The van der Waals surface area contributed by atoms with Gasteiger partial charge < -0.3 is 4.74 Å². The SMILES string of the molecule is Clc1ncc2cnn(C[C@H]3CCCOC3)c2n1. The molecule has 0 radical (unpaired) electrons. The second kappa shape index (κ2) is 4.58. The van der Waals surface area contributed by atoms with Crippen molar-refractivity contribution in [2.75, 3.05) is 13.2 Å². The van der Waals surface area contributed by atoms with E-state index in [2.05, 4.69) is 15.1 Å². The van der Waals surface area contributed by atoms with E-state index >= 15 is 0 Å². The molecule has 1 fully saturated rings. The van der Waals surface area contributed by atoms with Gasteiger partial charge in [0.1, 0.15) is 0 Å². The third kappa shape index (κ3) is 2.25. The van der Waals surface area contributed by atoms with Gasteiger partial charge in [0.15, 0.2) is 5.65 Å². The standard InChI is InChI=1S/C11H13ClN4O/c12-11-13-4-9-5-14-16(10(9)15-11)6-8-2-1-3-17-7-8/h4-5,8H,1-3,6-7H2/t8-/m1/s1. The van der Waals surface area contributed by atoms with Crippen LogP contribution in [0.2, 0.25) is 5.28 Å². The van der Waals surface area contributed by atoms with E-state index in [0.717, 1.165) is 37.2 Å². The number of hydrogen-bond acceptors (Lipinski definition) is 4. The van der Waals surface area contributed by atoms with Gasteiger partial charge in [-0.05, 0) is 24.4 Å². The first-order valence-corrected chi connectivity index (χ1v) is 6.12. The lowest BCUT2D eigenvalue weighted by Crippen LogP contribution is -2.22. The Kier molecular flexibility index (Phi) is 2.94. The van der Waals surface area contributed by atoms with E-state index in [9.17, 15) is 0 Å². The molecule has 0 bridgehead atoms. The summed E-state index contributed by atoms with van der Waals surface area (Å²) in [5.74, 6) is 0.514. The van der Waals surface area contributed by atoms with Crippen LogP contribution in [0.15, 0.2) is 12.4 Å². The maximum Gasteiger partial charge on any atom is 0.224 e. The van der Waals surface area contributed by atoms with Crippen LogP contribution in [0.4, 0.5) is 0 Å². The molecule has 0 saturated carbocycles. The van der Waals surface area contributed by atoms with Crippen LogP contribution in [0.3, 0.4) is 0 Å². The van der Waals surface area contributed by atoms with Crippen LogP contribution < -0.4 is 0 Å². The summed E-state index contributed by atoms with van der Waals surface area (Å²) in [6.07, 6.45) is 5.78. The molecule has 90 valence electrons. The number of halogens is 1. The summed E-state index contributed by atoms with van der Waals surface area (Å²) < 4.78 is 7.36. The molecule has 1 aliphatic heterocycles. The molecule has 3 heterocycles. The summed E-state index contributed by atoms with van der Waals surface area (Å²) in [4.78, 5) is 8.16. The summed E-state index contributed by atoms with van der Waals surface area (Å²) in [7, 11) is 0. The molecule has 0 N–H and O–H groups in total. The first kappa shape index (κ1) is 10.9. The van der Waals surface area contributed by atoms with Gasteiger partial charge in [-0.3, -0.25) is 0 Å². The van der Waals surface area contributed by atoms with Gasteiger partial charge in [-0.1, -0.05) is 0 Å². The second-order valence-corrected chi connectivity index (χ2v) is 4.67. The lowest BCUT2D eigenvalue weighted by atomic mass is 10.0. The molecule has 2 aromatic rings. The molecular weight excluding hydrogens is 240 g/mol. The van der Waals surface area contributed by atoms with Gasteiger partial charge in [0.2, 0.25) is 5.28 Å². The third-order valence-corrected chi connectivity index (χ3v) is 3.22. The number of hydrogen-bond donors (Lipinski definition) is 0. The Hall–Kier alpha value is -1.20. The Balaban J connectivity index is 1.86. The Morgan fingerprint density at radius 2 is 2.41 bits per heavy atom. The highest BCUT2D eigenvalue weighted by Gasteiger charge is 2.16. The molecule has 6 heteroatoms. The minimum atomic E-state index is 0.263. The highest BCUT2D eigenvalue weighted by molar-refractivity contribution is 6.28. The van der Waals surface area contributed by atoms with Crippen LogP contribution >= 0.6 is 11.6 Å². The van der Waals surface area contributed by atoms with E-state index in [4.69, 9.17) is 16.3 Å². The molecule has 0 spiro atoms. The highest BCUT2D eigenvalue weighted by Crippen LogP contribution is 2.18. The maximum atomic E-state index is 5.80. The van der Waals surface area contributed by atoms with Crippen LogP contribution in [0.5, 0.6) is 0 Å². The van der Waals surface area contributed by atoms with Crippen LogP contribution in [-0.2, 0) is 11.3 Å². The average molecular weight is 253 g/mol. The van der Waals surface area contributed by atoms with Crippen molar-refractivity contribution in [3.63, 3.8) is 0 Å². The predicted molar refractivity (Wildman–Crippen MR) is 63.9 cm³/mol. The lowest BCUT2D eigenvalue weighted by Gasteiger charge is -2.21. The van der Waals surface area contributed by atoms with Gasteiger partial charge in [0.05, 0.1) is 18.2 Å². The molecule has 2 aromatic heterocycles. The molecular formula is C11H13ClN4O. The van der Waals surface area contributed by atoms with E-state index < -0.39 is 0 Å². The van der Waals surface area contributed by atoms with Crippen molar-refractivity contribution >= 4 is 22.6 Å². The average Bonchev–Trinajstić information content (AvgIpc) is 2.73. The Labute approximate surface area is 104 Å². The summed E-state index contributed by atoms with van der Waals surface area (Å²) in [6, 6.07) is 0. The molecule has 0 amide bonds. The monoisotopic (exact) mass is 252 g/mol. The summed E-state index contributed by atoms with van der Waals surface area (Å²) in [5.41, 5.74) is 0.801. The number of fused-ring (bicyclic) bond motifs is 1. The first-order chi connectivity index (χ1) is 8.33. The summed E-state index contributed by atoms with van der Waals surface area (Å²) >= 11 is 5.80. The zero-order valence-electron chi connectivity index (χ0n) is 9.34. The van der Waals surface area contributed by atoms with Crippen molar-refractivity contribution in [1.29, 1.82) is 0 Å². The van der Waals surface area contributed by atoms with Crippen molar-refractivity contribution in [3.8, 4) is 0 Å². The molecule has 1 atom stereocenters. The fourth-order valence-corrected chi connectivity index (χ4v) is 2.30. The number of ether oxygens (including phenoxy) is 1. The molecule has 3 rings (SSSR count). The molecule has 1 aliphatic rings. The third-order valence-electron chi connectivity index (χ3n) is 3.03. The Morgan fingerprint density at radius 1 is 1.47 bits per heavy atom. The number of nitrogens with zero attached hydrogens (tertiary/aromatic N) is 4. The smallest absolute Gasteiger partial charge is 0.224 e. The van der Waals surface area contributed by atoms with Gasteiger partial charge in [0, 0.05) is 25.3 Å².